The van der Waals surface area contributed by atoms with Gasteiger partial charge in [0, 0.05) is 36.9 Å². The molecule has 0 aliphatic carbocycles. The molecule has 2 aromatic carbocycles. The Balaban J connectivity index is 1.57. The number of hydrogen-bond donors (Lipinski definition) is 0. The van der Waals surface area contributed by atoms with Crippen LogP contribution in [0.4, 0.5) is 5.69 Å². The second-order valence-electron chi connectivity index (χ2n) is 6.65. The van der Waals surface area contributed by atoms with Crippen LogP contribution in [-0.2, 0) is 17.6 Å². The molecule has 3 nitrogen and oxygen atoms in total. The van der Waals surface area contributed by atoms with Gasteiger partial charge in [-0.1, -0.05) is 48.9 Å². The molecule has 0 N–H and O–H groups in total. The summed E-state index contributed by atoms with van der Waals surface area (Å²) in [6, 6.07) is 14.4. The maximum atomic E-state index is 12.6. The Bertz CT molecular complexity index is 734. The highest BCUT2D eigenvalue weighted by atomic mass is 35.5. The van der Waals surface area contributed by atoms with Crippen molar-refractivity contribution in [3.63, 3.8) is 0 Å². The van der Waals surface area contributed by atoms with E-state index in [9.17, 15) is 4.79 Å². The van der Waals surface area contributed by atoms with E-state index in [0.29, 0.717) is 6.42 Å². The normalized spacial score (nSPS) is 14.7. The molecule has 25 heavy (non-hydrogen) atoms. The first-order valence-electron chi connectivity index (χ1n) is 8.93. The van der Waals surface area contributed by atoms with Crippen LogP contribution < -0.4 is 4.90 Å². The molecule has 132 valence electrons. The van der Waals surface area contributed by atoms with E-state index in [1.807, 2.05) is 17.0 Å². The first kappa shape index (κ1) is 17.8. The molecule has 0 spiro atoms. The van der Waals surface area contributed by atoms with E-state index >= 15 is 0 Å². The summed E-state index contributed by atoms with van der Waals surface area (Å²) in [5.41, 5.74) is 4.80. The quantitative estimate of drug-likeness (QED) is 0.823. The molecule has 0 atom stereocenters. The summed E-state index contributed by atoms with van der Waals surface area (Å²) in [6.07, 6.45) is 1.51. The Kier molecular flexibility index (Phi) is 5.64. The zero-order chi connectivity index (χ0) is 17.8. The number of piperazine rings is 1. The number of aryl methyl sites for hydroxylation is 2. The van der Waals surface area contributed by atoms with Crippen molar-refractivity contribution in [2.75, 3.05) is 31.1 Å². The van der Waals surface area contributed by atoms with Gasteiger partial charge < -0.3 is 9.80 Å². The van der Waals surface area contributed by atoms with Crippen molar-refractivity contribution in [3.05, 3.63) is 64.2 Å². The van der Waals surface area contributed by atoms with Crippen molar-refractivity contribution in [3.8, 4) is 0 Å². The lowest BCUT2D eigenvalue weighted by atomic mass is 10.1. The molecule has 0 bridgehead atoms. The van der Waals surface area contributed by atoms with Crippen LogP contribution in [-0.4, -0.2) is 37.0 Å². The number of halogens is 1. The number of rotatable bonds is 4. The predicted molar refractivity (Wildman–Crippen MR) is 105 cm³/mol. The Hall–Kier alpha value is -2.00. The fourth-order valence-corrected chi connectivity index (χ4v) is 3.47. The predicted octanol–water partition coefficient (Wildman–Crippen LogP) is 4.10. The lowest BCUT2D eigenvalue weighted by molar-refractivity contribution is -0.130. The van der Waals surface area contributed by atoms with Gasteiger partial charge in [-0.2, -0.15) is 0 Å². The summed E-state index contributed by atoms with van der Waals surface area (Å²) in [5.74, 6) is 0.215. The maximum Gasteiger partial charge on any atom is 0.227 e. The van der Waals surface area contributed by atoms with Gasteiger partial charge in [-0.05, 0) is 42.2 Å². The van der Waals surface area contributed by atoms with Crippen LogP contribution in [0.3, 0.4) is 0 Å². The number of amides is 1. The second-order valence-corrected chi connectivity index (χ2v) is 7.08. The minimum atomic E-state index is 0.215. The van der Waals surface area contributed by atoms with Gasteiger partial charge in [0.2, 0.25) is 5.91 Å². The highest BCUT2D eigenvalue weighted by Gasteiger charge is 2.22. The van der Waals surface area contributed by atoms with E-state index in [4.69, 9.17) is 11.6 Å². The highest BCUT2D eigenvalue weighted by Crippen LogP contribution is 2.25. The minimum absolute atomic E-state index is 0.215. The molecule has 0 radical (unpaired) electrons. The Labute approximate surface area is 155 Å². The van der Waals surface area contributed by atoms with Gasteiger partial charge in [-0.15, -0.1) is 0 Å². The third-order valence-corrected chi connectivity index (χ3v) is 5.17. The van der Waals surface area contributed by atoms with Crippen LogP contribution >= 0.6 is 11.6 Å². The van der Waals surface area contributed by atoms with Crippen molar-refractivity contribution < 1.29 is 4.79 Å². The molecule has 1 aliphatic rings. The topological polar surface area (TPSA) is 23.6 Å². The average molecular weight is 357 g/mol. The number of anilines is 1. The second kappa shape index (κ2) is 7.92. The lowest BCUT2D eigenvalue weighted by Gasteiger charge is -2.37. The van der Waals surface area contributed by atoms with E-state index in [0.717, 1.165) is 43.2 Å². The van der Waals surface area contributed by atoms with Crippen LogP contribution in [0.1, 0.15) is 23.6 Å². The van der Waals surface area contributed by atoms with Gasteiger partial charge in [0.05, 0.1) is 6.42 Å². The SMILES string of the molecule is CCc1ccc(CC(=O)N2CCN(c3cc(Cl)ccc3C)CC2)cc1. The zero-order valence-corrected chi connectivity index (χ0v) is 15.7. The molecule has 2 aromatic rings. The van der Waals surface area contributed by atoms with E-state index in [1.165, 1.54) is 16.8 Å². The van der Waals surface area contributed by atoms with Crippen molar-refractivity contribution in [2.24, 2.45) is 0 Å². The third kappa shape index (κ3) is 4.35. The van der Waals surface area contributed by atoms with Gasteiger partial charge >= 0.3 is 0 Å². The summed E-state index contributed by atoms with van der Waals surface area (Å²) in [5, 5.41) is 0.759. The molecule has 0 aromatic heterocycles. The smallest absolute Gasteiger partial charge is 0.227 e. The molecule has 1 aliphatic heterocycles. The summed E-state index contributed by atoms with van der Waals surface area (Å²) >= 11 is 6.14. The Morgan fingerprint density at radius 3 is 2.28 bits per heavy atom. The number of nitrogens with zero attached hydrogens (tertiary/aromatic N) is 2. The number of benzene rings is 2. The number of hydrogen-bond acceptors (Lipinski definition) is 2. The molecule has 4 heteroatoms. The first-order valence-corrected chi connectivity index (χ1v) is 9.31. The Morgan fingerprint density at radius 1 is 1.00 bits per heavy atom. The fraction of sp³-hybridized carbons (Fsp3) is 0.381. The molecular weight excluding hydrogens is 332 g/mol. The average Bonchev–Trinajstić information content (AvgIpc) is 2.64. The van der Waals surface area contributed by atoms with E-state index in [2.05, 4.69) is 49.1 Å². The van der Waals surface area contributed by atoms with Crippen LogP contribution in [0.5, 0.6) is 0 Å². The molecule has 1 amide bonds. The van der Waals surface area contributed by atoms with Crippen molar-refractivity contribution in [2.45, 2.75) is 26.7 Å². The summed E-state index contributed by atoms with van der Waals surface area (Å²) in [7, 11) is 0. The largest absolute Gasteiger partial charge is 0.368 e. The van der Waals surface area contributed by atoms with Crippen LogP contribution in [0.25, 0.3) is 0 Å². The van der Waals surface area contributed by atoms with Gasteiger partial charge in [-0.3, -0.25) is 4.79 Å². The van der Waals surface area contributed by atoms with Gasteiger partial charge in [0.15, 0.2) is 0 Å². The molecule has 0 unspecified atom stereocenters. The van der Waals surface area contributed by atoms with Crippen molar-refractivity contribution in [1.29, 1.82) is 0 Å². The molecule has 1 heterocycles. The van der Waals surface area contributed by atoms with Gasteiger partial charge in [0.1, 0.15) is 0 Å². The zero-order valence-electron chi connectivity index (χ0n) is 15.0. The molecular formula is C21H25ClN2O. The number of carbonyl (C=O) groups excluding carboxylic acids is 1. The van der Waals surface area contributed by atoms with E-state index in [1.54, 1.807) is 0 Å². The van der Waals surface area contributed by atoms with Crippen LogP contribution in [0.2, 0.25) is 5.02 Å². The highest BCUT2D eigenvalue weighted by molar-refractivity contribution is 6.30. The summed E-state index contributed by atoms with van der Waals surface area (Å²) in [4.78, 5) is 16.9. The standard InChI is InChI=1S/C21H25ClN2O/c1-3-17-5-7-18(8-6-17)14-21(25)24-12-10-23(11-13-24)20-15-19(22)9-4-16(20)2/h4-9,15H,3,10-14H2,1-2H3. The van der Waals surface area contributed by atoms with Crippen molar-refractivity contribution >= 4 is 23.2 Å². The maximum absolute atomic E-state index is 12.6. The van der Waals surface area contributed by atoms with Crippen LogP contribution in [0, 0.1) is 6.92 Å². The Morgan fingerprint density at radius 2 is 1.64 bits per heavy atom. The fourth-order valence-electron chi connectivity index (χ4n) is 3.30. The van der Waals surface area contributed by atoms with Crippen LogP contribution in [0.15, 0.2) is 42.5 Å². The summed E-state index contributed by atoms with van der Waals surface area (Å²) in [6.45, 7) is 7.46. The molecule has 0 saturated carbocycles. The number of carbonyl (C=O) groups is 1. The molecule has 1 fully saturated rings. The monoisotopic (exact) mass is 356 g/mol. The van der Waals surface area contributed by atoms with Gasteiger partial charge in [0.25, 0.3) is 0 Å². The van der Waals surface area contributed by atoms with E-state index < -0.39 is 0 Å². The van der Waals surface area contributed by atoms with Gasteiger partial charge in [-0.25, -0.2) is 0 Å². The molecule has 3 rings (SSSR count). The molecule has 1 saturated heterocycles. The van der Waals surface area contributed by atoms with E-state index in [-0.39, 0.29) is 5.91 Å². The summed E-state index contributed by atoms with van der Waals surface area (Å²) < 4.78 is 0. The van der Waals surface area contributed by atoms with Crippen molar-refractivity contribution in [1.82, 2.24) is 4.90 Å². The third-order valence-electron chi connectivity index (χ3n) is 4.93. The first-order chi connectivity index (χ1) is 12.1. The minimum Gasteiger partial charge on any atom is -0.368 e. The lowest BCUT2D eigenvalue weighted by Crippen LogP contribution is -2.49.